The summed E-state index contributed by atoms with van der Waals surface area (Å²) in [6.45, 7) is 6.36. The molecule has 2 unspecified atom stereocenters. The number of rotatable bonds is 6. The van der Waals surface area contributed by atoms with Gasteiger partial charge in [0.2, 0.25) is 5.91 Å². The molecule has 0 bridgehead atoms. The molecule has 0 fully saturated rings. The second kappa shape index (κ2) is 8.64. The average molecular weight is 338 g/mol. The Bertz CT molecular complexity index is 626. The Morgan fingerprint density at radius 3 is 2.65 bits per heavy atom. The van der Waals surface area contributed by atoms with Gasteiger partial charge in [0, 0.05) is 25.1 Å². The number of hydrogen-bond acceptors (Lipinski definition) is 4. The molecule has 2 atom stereocenters. The summed E-state index contributed by atoms with van der Waals surface area (Å²) in [5.74, 6) is 1.74. The van der Waals surface area contributed by atoms with E-state index in [0.717, 1.165) is 23.6 Å². The van der Waals surface area contributed by atoms with Crippen LogP contribution in [0, 0.1) is 12.8 Å². The van der Waals surface area contributed by atoms with Crippen molar-refractivity contribution in [3.05, 3.63) is 42.1 Å². The molecule has 1 amide bonds. The monoisotopic (exact) mass is 337 g/mol. The van der Waals surface area contributed by atoms with E-state index in [1.54, 1.807) is 12.4 Å². The molecule has 0 radical (unpaired) electrons. The predicted molar refractivity (Wildman–Crippen MR) is 92.6 cm³/mol. The van der Waals surface area contributed by atoms with Crippen molar-refractivity contribution in [3.8, 4) is 5.82 Å². The molecule has 2 aromatic rings. The molecular formula is C16H24ClN5O. The van der Waals surface area contributed by atoms with Gasteiger partial charge in [0.25, 0.3) is 0 Å². The van der Waals surface area contributed by atoms with Gasteiger partial charge in [-0.25, -0.2) is 9.97 Å². The Hall–Kier alpha value is -1.92. The van der Waals surface area contributed by atoms with E-state index in [0.29, 0.717) is 6.54 Å². The van der Waals surface area contributed by atoms with E-state index in [1.165, 1.54) is 0 Å². The van der Waals surface area contributed by atoms with Crippen molar-refractivity contribution >= 4 is 18.3 Å². The number of nitrogens with zero attached hydrogens (tertiary/aromatic N) is 3. The number of carbonyl (C=O) groups excluding carboxylic acids is 1. The van der Waals surface area contributed by atoms with Gasteiger partial charge in [-0.2, -0.15) is 0 Å². The van der Waals surface area contributed by atoms with Crippen molar-refractivity contribution in [1.29, 1.82) is 0 Å². The van der Waals surface area contributed by atoms with Crippen LogP contribution in [0.2, 0.25) is 0 Å². The third-order valence-corrected chi connectivity index (χ3v) is 3.91. The minimum atomic E-state index is -0.467. The zero-order valence-electron chi connectivity index (χ0n) is 13.7. The molecule has 2 rings (SSSR count). The van der Waals surface area contributed by atoms with Crippen molar-refractivity contribution in [1.82, 2.24) is 19.9 Å². The van der Waals surface area contributed by atoms with Crippen LogP contribution in [0.15, 0.2) is 30.7 Å². The number of halogens is 1. The molecule has 6 nitrogen and oxygen atoms in total. The second-order valence-electron chi connectivity index (χ2n) is 5.50. The van der Waals surface area contributed by atoms with Crippen LogP contribution in [0.3, 0.4) is 0 Å². The summed E-state index contributed by atoms with van der Waals surface area (Å²) in [6, 6.07) is 3.38. The van der Waals surface area contributed by atoms with Gasteiger partial charge >= 0.3 is 0 Å². The number of imidazole rings is 1. The predicted octanol–water partition coefficient (Wildman–Crippen LogP) is 1.99. The van der Waals surface area contributed by atoms with Crippen LogP contribution in [0.5, 0.6) is 0 Å². The highest BCUT2D eigenvalue weighted by atomic mass is 35.5. The molecule has 0 aliphatic heterocycles. The molecule has 0 aromatic carbocycles. The largest absolute Gasteiger partial charge is 0.351 e. The lowest BCUT2D eigenvalue weighted by Crippen LogP contribution is -2.44. The zero-order chi connectivity index (χ0) is 16.1. The van der Waals surface area contributed by atoms with Gasteiger partial charge in [-0.05, 0) is 24.5 Å². The van der Waals surface area contributed by atoms with Crippen LogP contribution >= 0.6 is 12.4 Å². The van der Waals surface area contributed by atoms with Gasteiger partial charge in [0.05, 0.1) is 6.04 Å². The number of nitrogens with two attached hydrogens (primary N) is 1. The van der Waals surface area contributed by atoms with Crippen molar-refractivity contribution in [2.75, 3.05) is 0 Å². The van der Waals surface area contributed by atoms with Gasteiger partial charge in [-0.1, -0.05) is 26.3 Å². The SMILES string of the molecule is CCC(C)C(N)C(=O)NCc1ccc(-n2ccnc2C)nc1.Cl. The molecule has 2 aromatic heterocycles. The Labute approximate surface area is 142 Å². The first-order valence-corrected chi connectivity index (χ1v) is 7.51. The summed E-state index contributed by atoms with van der Waals surface area (Å²) in [6.07, 6.45) is 6.24. The Kier molecular flexibility index (Phi) is 7.19. The third-order valence-electron chi connectivity index (χ3n) is 3.91. The van der Waals surface area contributed by atoms with Crippen LogP contribution in [-0.2, 0) is 11.3 Å². The molecule has 2 heterocycles. The first-order valence-electron chi connectivity index (χ1n) is 7.51. The number of nitrogens with one attached hydrogen (secondary N) is 1. The van der Waals surface area contributed by atoms with Crippen LogP contribution in [0.4, 0.5) is 0 Å². The summed E-state index contributed by atoms with van der Waals surface area (Å²) >= 11 is 0. The van der Waals surface area contributed by atoms with E-state index in [-0.39, 0.29) is 24.2 Å². The fraction of sp³-hybridized carbons (Fsp3) is 0.438. The fourth-order valence-electron chi connectivity index (χ4n) is 2.10. The highest BCUT2D eigenvalue weighted by molar-refractivity contribution is 5.85. The van der Waals surface area contributed by atoms with E-state index >= 15 is 0 Å². The highest BCUT2D eigenvalue weighted by Gasteiger charge is 2.18. The highest BCUT2D eigenvalue weighted by Crippen LogP contribution is 2.09. The maximum atomic E-state index is 11.9. The van der Waals surface area contributed by atoms with Gasteiger partial charge in [0.1, 0.15) is 11.6 Å². The summed E-state index contributed by atoms with van der Waals surface area (Å²) in [7, 11) is 0. The Morgan fingerprint density at radius 1 is 1.39 bits per heavy atom. The quantitative estimate of drug-likeness (QED) is 0.844. The minimum Gasteiger partial charge on any atom is -0.351 e. The van der Waals surface area contributed by atoms with Crippen LogP contribution in [0.1, 0.15) is 31.7 Å². The zero-order valence-corrected chi connectivity index (χ0v) is 14.5. The number of aryl methyl sites for hydroxylation is 1. The summed E-state index contributed by atoms with van der Waals surface area (Å²) < 4.78 is 1.90. The number of amides is 1. The number of hydrogen-bond donors (Lipinski definition) is 2. The standard InChI is InChI=1S/C16H23N5O.ClH/c1-4-11(2)15(17)16(22)20-10-13-5-6-14(19-9-13)21-8-7-18-12(21)3;/h5-9,11,15H,4,10,17H2,1-3H3,(H,20,22);1H. The first-order chi connectivity index (χ1) is 10.5. The van der Waals surface area contributed by atoms with Crippen LogP contribution < -0.4 is 11.1 Å². The van der Waals surface area contributed by atoms with Crippen molar-refractivity contribution in [3.63, 3.8) is 0 Å². The molecule has 126 valence electrons. The van der Waals surface area contributed by atoms with Crippen molar-refractivity contribution in [2.24, 2.45) is 11.7 Å². The van der Waals surface area contributed by atoms with E-state index in [1.807, 2.05) is 43.7 Å². The van der Waals surface area contributed by atoms with Gasteiger partial charge in [0.15, 0.2) is 0 Å². The first kappa shape index (κ1) is 19.1. The molecule has 0 saturated heterocycles. The van der Waals surface area contributed by atoms with E-state index < -0.39 is 6.04 Å². The van der Waals surface area contributed by atoms with Crippen LogP contribution in [-0.4, -0.2) is 26.5 Å². The molecule has 0 saturated carbocycles. The lowest BCUT2D eigenvalue weighted by Gasteiger charge is -2.17. The number of aromatic nitrogens is 3. The smallest absolute Gasteiger partial charge is 0.237 e. The number of carbonyl (C=O) groups is 1. The lowest BCUT2D eigenvalue weighted by molar-refractivity contribution is -0.123. The normalized spacial score (nSPS) is 13.0. The van der Waals surface area contributed by atoms with E-state index in [2.05, 4.69) is 15.3 Å². The van der Waals surface area contributed by atoms with Crippen molar-refractivity contribution in [2.45, 2.75) is 39.8 Å². The molecule has 3 N–H and O–H groups in total. The molecule has 0 aliphatic rings. The average Bonchev–Trinajstić information content (AvgIpc) is 2.97. The fourth-order valence-corrected chi connectivity index (χ4v) is 2.10. The van der Waals surface area contributed by atoms with Gasteiger partial charge in [-0.3, -0.25) is 9.36 Å². The minimum absolute atomic E-state index is 0. The summed E-state index contributed by atoms with van der Waals surface area (Å²) in [4.78, 5) is 20.5. The van der Waals surface area contributed by atoms with Gasteiger partial charge in [-0.15, -0.1) is 12.4 Å². The molecular weight excluding hydrogens is 314 g/mol. The van der Waals surface area contributed by atoms with Gasteiger partial charge < -0.3 is 11.1 Å². The van der Waals surface area contributed by atoms with Crippen LogP contribution in [0.25, 0.3) is 5.82 Å². The third kappa shape index (κ3) is 4.77. The lowest BCUT2D eigenvalue weighted by atomic mass is 9.99. The Balaban J connectivity index is 0.00000264. The van der Waals surface area contributed by atoms with E-state index in [9.17, 15) is 4.79 Å². The van der Waals surface area contributed by atoms with Crippen molar-refractivity contribution < 1.29 is 4.79 Å². The summed E-state index contributed by atoms with van der Waals surface area (Å²) in [5.41, 5.74) is 6.84. The molecule has 0 aliphatic carbocycles. The number of pyridine rings is 1. The molecule has 7 heteroatoms. The molecule has 23 heavy (non-hydrogen) atoms. The maximum absolute atomic E-state index is 11.9. The maximum Gasteiger partial charge on any atom is 0.237 e. The second-order valence-corrected chi connectivity index (χ2v) is 5.50. The molecule has 0 spiro atoms. The summed E-state index contributed by atoms with van der Waals surface area (Å²) in [5, 5.41) is 2.86. The Morgan fingerprint density at radius 2 is 2.13 bits per heavy atom. The topological polar surface area (TPSA) is 85.8 Å². The van der Waals surface area contributed by atoms with E-state index in [4.69, 9.17) is 5.73 Å².